The topological polar surface area (TPSA) is 61.0 Å². The Kier molecular flexibility index (Phi) is 4.38. The van der Waals surface area contributed by atoms with Crippen LogP contribution in [0.25, 0.3) is 0 Å². The molecule has 0 spiro atoms. The van der Waals surface area contributed by atoms with Gasteiger partial charge in [0.1, 0.15) is 9.39 Å². The number of aromatic nitrogens is 2. The van der Waals surface area contributed by atoms with Gasteiger partial charge in [-0.3, -0.25) is 9.69 Å². The minimum atomic E-state index is -0.0855. The molecule has 1 aliphatic carbocycles. The van der Waals surface area contributed by atoms with Gasteiger partial charge >= 0.3 is 0 Å². The van der Waals surface area contributed by atoms with E-state index in [4.69, 9.17) is 0 Å². The standard InChI is InChI=1S/C11H17IN4O/c1-2-16(8-3-4-8)6-5-13-10-9(12)11(17)15-7-14-10/h7-8H,2-6H2,1H3,(H2,13,14,15,17). The lowest BCUT2D eigenvalue weighted by Crippen LogP contribution is -2.31. The van der Waals surface area contributed by atoms with E-state index in [9.17, 15) is 4.79 Å². The van der Waals surface area contributed by atoms with Crippen LogP contribution in [0.4, 0.5) is 5.82 Å². The minimum Gasteiger partial charge on any atom is -0.368 e. The normalized spacial score (nSPS) is 15.2. The van der Waals surface area contributed by atoms with Crippen molar-refractivity contribution in [1.29, 1.82) is 0 Å². The fraction of sp³-hybridized carbons (Fsp3) is 0.636. The quantitative estimate of drug-likeness (QED) is 0.761. The van der Waals surface area contributed by atoms with Gasteiger partial charge in [0.2, 0.25) is 0 Å². The van der Waals surface area contributed by atoms with E-state index in [0.29, 0.717) is 9.39 Å². The van der Waals surface area contributed by atoms with Crippen LogP contribution in [0.5, 0.6) is 0 Å². The first-order chi connectivity index (χ1) is 8.22. The highest BCUT2D eigenvalue weighted by molar-refractivity contribution is 14.1. The van der Waals surface area contributed by atoms with E-state index in [0.717, 1.165) is 25.7 Å². The molecule has 0 saturated heterocycles. The van der Waals surface area contributed by atoms with Gasteiger partial charge in [-0.2, -0.15) is 0 Å². The maximum Gasteiger partial charge on any atom is 0.266 e. The number of aromatic amines is 1. The van der Waals surface area contributed by atoms with Gasteiger partial charge in [-0.15, -0.1) is 0 Å². The SMILES string of the molecule is CCN(CCNc1nc[nH]c(=O)c1I)C1CC1. The molecule has 0 atom stereocenters. The summed E-state index contributed by atoms with van der Waals surface area (Å²) in [5.41, 5.74) is -0.0855. The number of rotatable bonds is 6. The average molecular weight is 348 g/mol. The number of halogens is 1. The zero-order valence-electron chi connectivity index (χ0n) is 9.87. The lowest BCUT2D eigenvalue weighted by molar-refractivity contribution is 0.289. The van der Waals surface area contributed by atoms with E-state index in [-0.39, 0.29) is 5.56 Å². The van der Waals surface area contributed by atoms with Crippen LogP contribution in [0.2, 0.25) is 0 Å². The third kappa shape index (κ3) is 3.41. The molecule has 1 heterocycles. The average Bonchev–Trinajstić information content (AvgIpc) is 3.14. The molecule has 0 aromatic carbocycles. The predicted octanol–water partition coefficient (Wildman–Crippen LogP) is 1.27. The fourth-order valence-electron chi connectivity index (χ4n) is 1.86. The number of nitrogens with zero attached hydrogens (tertiary/aromatic N) is 2. The maximum atomic E-state index is 11.4. The predicted molar refractivity (Wildman–Crippen MR) is 76.3 cm³/mol. The Morgan fingerprint density at radius 3 is 3.06 bits per heavy atom. The Labute approximate surface area is 114 Å². The van der Waals surface area contributed by atoms with Gasteiger partial charge in [-0.05, 0) is 42.0 Å². The van der Waals surface area contributed by atoms with Gasteiger partial charge in [0.05, 0.1) is 6.33 Å². The van der Waals surface area contributed by atoms with Gasteiger partial charge in [-0.1, -0.05) is 6.92 Å². The van der Waals surface area contributed by atoms with Crippen LogP contribution in [0.15, 0.2) is 11.1 Å². The minimum absolute atomic E-state index is 0.0855. The monoisotopic (exact) mass is 348 g/mol. The second-order valence-corrected chi connectivity index (χ2v) is 5.26. The molecule has 0 unspecified atom stereocenters. The number of hydrogen-bond acceptors (Lipinski definition) is 4. The molecular formula is C11H17IN4O. The first-order valence-corrected chi connectivity index (χ1v) is 7.01. The van der Waals surface area contributed by atoms with Crippen molar-refractivity contribution in [3.63, 3.8) is 0 Å². The van der Waals surface area contributed by atoms with Gasteiger partial charge in [0.15, 0.2) is 0 Å². The molecule has 1 fully saturated rings. The van der Waals surface area contributed by atoms with Gasteiger partial charge < -0.3 is 10.3 Å². The number of H-pyrrole nitrogens is 1. The molecule has 5 nitrogen and oxygen atoms in total. The van der Waals surface area contributed by atoms with Crippen molar-refractivity contribution < 1.29 is 0 Å². The molecule has 2 N–H and O–H groups in total. The van der Waals surface area contributed by atoms with Gasteiger partial charge in [0, 0.05) is 19.1 Å². The zero-order valence-corrected chi connectivity index (χ0v) is 12.0. The van der Waals surface area contributed by atoms with E-state index < -0.39 is 0 Å². The van der Waals surface area contributed by atoms with Gasteiger partial charge in [-0.25, -0.2) is 4.98 Å². The van der Waals surface area contributed by atoms with Crippen molar-refractivity contribution in [2.24, 2.45) is 0 Å². The lowest BCUT2D eigenvalue weighted by atomic mass is 10.4. The van der Waals surface area contributed by atoms with Crippen molar-refractivity contribution in [2.45, 2.75) is 25.8 Å². The first-order valence-electron chi connectivity index (χ1n) is 5.93. The van der Waals surface area contributed by atoms with E-state index in [1.165, 1.54) is 19.2 Å². The van der Waals surface area contributed by atoms with Crippen LogP contribution >= 0.6 is 22.6 Å². The molecule has 0 radical (unpaired) electrons. The molecule has 2 rings (SSSR count). The van der Waals surface area contributed by atoms with E-state index in [1.54, 1.807) is 0 Å². The van der Waals surface area contributed by atoms with Crippen LogP contribution in [-0.4, -0.2) is 40.5 Å². The third-order valence-corrected chi connectivity index (χ3v) is 3.96. The second kappa shape index (κ2) is 5.81. The molecule has 17 heavy (non-hydrogen) atoms. The van der Waals surface area contributed by atoms with Crippen LogP contribution in [0.1, 0.15) is 19.8 Å². The Hall–Kier alpha value is -0.630. The smallest absolute Gasteiger partial charge is 0.266 e. The molecule has 94 valence electrons. The lowest BCUT2D eigenvalue weighted by Gasteiger charge is -2.19. The Bertz CT molecular complexity index is 430. The Morgan fingerprint density at radius 2 is 2.41 bits per heavy atom. The summed E-state index contributed by atoms with van der Waals surface area (Å²) in [7, 11) is 0. The molecule has 1 aromatic heterocycles. The summed E-state index contributed by atoms with van der Waals surface area (Å²) in [6.45, 7) is 5.11. The summed E-state index contributed by atoms with van der Waals surface area (Å²) in [6.07, 6.45) is 4.09. The second-order valence-electron chi connectivity index (χ2n) is 4.18. The van der Waals surface area contributed by atoms with E-state index >= 15 is 0 Å². The largest absolute Gasteiger partial charge is 0.368 e. The first kappa shape index (κ1) is 12.8. The summed E-state index contributed by atoms with van der Waals surface area (Å²) < 4.78 is 0.625. The zero-order chi connectivity index (χ0) is 12.3. The third-order valence-electron chi connectivity index (χ3n) is 2.96. The van der Waals surface area contributed by atoms with Crippen LogP contribution in [0.3, 0.4) is 0 Å². The maximum absolute atomic E-state index is 11.4. The van der Waals surface area contributed by atoms with Crippen LogP contribution in [0, 0.1) is 3.57 Å². The van der Waals surface area contributed by atoms with Crippen LogP contribution in [-0.2, 0) is 0 Å². The molecule has 1 aromatic rings. The van der Waals surface area contributed by atoms with Crippen molar-refractivity contribution in [3.8, 4) is 0 Å². The summed E-state index contributed by atoms with van der Waals surface area (Å²) in [5, 5.41) is 3.22. The molecule has 1 saturated carbocycles. The highest BCUT2D eigenvalue weighted by atomic mass is 127. The van der Waals surface area contributed by atoms with Gasteiger partial charge in [0.25, 0.3) is 5.56 Å². The summed E-state index contributed by atoms with van der Waals surface area (Å²) in [4.78, 5) is 20.5. The fourth-order valence-corrected chi connectivity index (χ4v) is 2.35. The number of nitrogens with one attached hydrogen (secondary N) is 2. The molecule has 0 bridgehead atoms. The van der Waals surface area contributed by atoms with E-state index in [1.807, 2.05) is 22.6 Å². The highest BCUT2D eigenvalue weighted by Crippen LogP contribution is 2.25. The molecule has 0 aliphatic heterocycles. The van der Waals surface area contributed by atoms with Crippen LogP contribution < -0.4 is 10.9 Å². The summed E-state index contributed by atoms with van der Waals surface area (Å²) >= 11 is 2.01. The molecule has 0 amide bonds. The molecule has 1 aliphatic rings. The Morgan fingerprint density at radius 1 is 1.65 bits per heavy atom. The van der Waals surface area contributed by atoms with Crippen molar-refractivity contribution in [2.75, 3.05) is 25.0 Å². The molecular weight excluding hydrogens is 331 g/mol. The number of anilines is 1. The van der Waals surface area contributed by atoms with Crippen molar-refractivity contribution >= 4 is 28.4 Å². The number of likely N-dealkylation sites (N-methyl/N-ethyl adjacent to an activating group) is 1. The number of hydrogen-bond donors (Lipinski definition) is 2. The van der Waals surface area contributed by atoms with Crippen molar-refractivity contribution in [3.05, 3.63) is 20.3 Å². The Balaban J connectivity index is 1.85. The summed E-state index contributed by atoms with van der Waals surface area (Å²) in [6, 6.07) is 0.785. The van der Waals surface area contributed by atoms with Crippen molar-refractivity contribution in [1.82, 2.24) is 14.9 Å². The highest BCUT2D eigenvalue weighted by Gasteiger charge is 2.27. The molecule has 6 heteroatoms. The summed E-state index contributed by atoms with van der Waals surface area (Å²) in [5.74, 6) is 0.682. The van der Waals surface area contributed by atoms with E-state index in [2.05, 4.69) is 27.1 Å².